The molecule has 1 atom stereocenters. The van der Waals surface area contributed by atoms with Crippen LogP contribution in [0.3, 0.4) is 0 Å². The summed E-state index contributed by atoms with van der Waals surface area (Å²) in [4.78, 5) is 16.8. The number of amides is 1. The molecule has 0 saturated carbocycles. The number of benzene rings is 2. The van der Waals surface area contributed by atoms with Gasteiger partial charge in [-0.05, 0) is 62.2 Å². The quantitative estimate of drug-likeness (QED) is 0.781. The molecule has 0 spiro atoms. The van der Waals surface area contributed by atoms with Crippen molar-refractivity contribution in [2.75, 3.05) is 5.32 Å². The summed E-state index contributed by atoms with van der Waals surface area (Å²) < 4.78 is 5.84. The molecule has 0 fully saturated rings. The Labute approximate surface area is 141 Å². The van der Waals surface area contributed by atoms with Crippen LogP contribution in [0.5, 0.6) is 5.75 Å². The van der Waals surface area contributed by atoms with Gasteiger partial charge in [0.1, 0.15) is 5.75 Å². The van der Waals surface area contributed by atoms with Gasteiger partial charge >= 0.3 is 0 Å². The third-order valence-corrected chi connectivity index (χ3v) is 4.13. The zero-order valence-corrected chi connectivity index (χ0v) is 14.0. The second-order valence-corrected chi connectivity index (χ2v) is 5.82. The van der Waals surface area contributed by atoms with Crippen LogP contribution in [0.25, 0.3) is 10.9 Å². The first-order valence-corrected chi connectivity index (χ1v) is 7.94. The molecule has 4 nitrogen and oxygen atoms in total. The van der Waals surface area contributed by atoms with E-state index in [0.717, 1.165) is 33.5 Å². The van der Waals surface area contributed by atoms with Crippen molar-refractivity contribution in [1.29, 1.82) is 0 Å². The fraction of sp³-hybridized carbons (Fsp3) is 0.200. The Hall–Kier alpha value is -2.88. The number of rotatable bonds is 4. The van der Waals surface area contributed by atoms with E-state index >= 15 is 0 Å². The molecule has 4 heteroatoms. The number of carbonyl (C=O) groups excluding carboxylic acids is 1. The van der Waals surface area contributed by atoms with Crippen molar-refractivity contribution in [3.63, 3.8) is 0 Å². The summed E-state index contributed by atoms with van der Waals surface area (Å²) in [5.41, 5.74) is 3.77. The van der Waals surface area contributed by atoms with Crippen LogP contribution < -0.4 is 10.1 Å². The lowest BCUT2D eigenvalue weighted by Gasteiger charge is -2.17. The molecule has 0 unspecified atom stereocenters. The van der Waals surface area contributed by atoms with Gasteiger partial charge < -0.3 is 10.1 Å². The minimum absolute atomic E-state index is 0.188. The Bertz CT molecular complexity index is 884. The van der Waals surface area contributed by atoms with Gasteiger partial charge in [0.15, 0.2) is 6.10 Å². The van der Waals surface area contributed by atoms with Crippen LogP contribution in [0.15, 0.2) is 54.7 Å². The Morgan fingerprint density at radius 2 is 1.88 bits per heavy atom. The number of hydrogen-bond acceptors (Lipinski definition) is 3. The van der Waals surface area contributed by atoms with Crippen LogP contribution in [0, 0.1) is 13.8 Å². The zero-order valence-electron chi connectivity index (χ0n) is 14.0. The maximum absolute atomic E-state index is 12.5. The highest BCUT2D eigenvalue weighted by Crippen LogP contribution is 2.24. The van der Waals surface area contributed by atoms with E-state index in [1.165, 1.54) is 0 Å². The van der Waals surface area contributed by atoms with Gasteiger partial charge in [0.2, 0.25) is 0 Å². The summed E-state index contributed by atoms with van der Waals surface area (Å²) in [6, 6.07) is 15.3. The highest BCUT2D eigenvalue weighted by atomic mass is 16.5. The lowest BCUT2D eigenvalue weighted by atomic mass is 10.1. The zero-order chi connectivity index (χ0) is 17.1. The van der Waals surface area contributed by atoms with Gasteiger partial charge in [-0.15, -0.1) is 0 Å². The van der Waals surface area contributed by atoms with E-state index in [0.29, 0.717) is 0 Å². The Morgan fingerprint density at radius 3 is 2.71 bits per heavy atom. The van der Waals surface area contributed by atoms with Gasteiger partial charge in [0.05, 0.1) is 11.2 Å². The summed E-state index contributed by atoms with van der Waals surface area (Å²) in [6.45, 7) is 5.77. The maximum atomic E-state index is 12.5. The molecule has 0 aliphatic rings. The molecule has 24 heavy (non-hydrogen) atoms. The van der Waals surface area contributed by atoms with Crippen LogP contribution in [0.2, 0.25) is 0 Å². The number of hydrogen-bond donors (Lipinski definition) is 1. The van der Waals surface area contributed by atoms with E-state index in [1.807, 2.05) is 62.4 Å². The van der Waals surface area contributed by atoms with E-state index in [1.54, 1.807) is 13.1 Å². The smallest absolute Gasteiger partial charge is 0.265 e. The molecule has 3 aromatic rings. The van der Waals surface area contributed by atoms with E-state index in [4.69, 9.17) is 4.74 Å². The van der Waals surface area contributed by atoms with Crippen LogP contribution >= 0.6 is 0 Å². The molecule has 1 aromatic heterocycles. The van der Waals surface area contributed by atoms with Gasteiger partial charge in [0.25, 0.3) is 5.91 Å². The molecule has 0 aliphatic heterocycles. The molecule has 0 saturated heterocycles. The third-order valence-electron chi connectivity index (χ3n) is 4.13. The van der Waals surface area contributed by atoms with Gasteiger partial charge in [-0.3, -0.25) is 9.78 Å². The summed E-state index contributed by atoms with van der Waals surface area (Å²) in [5.74, 6) is 0.546. The van der Waals surface area contributed by atoms with Gasteiger partial charge in [-0.1, -0.05) is 18.2 Å². The minimum atomic E-state index is -0.600. The van der Waals surface area contributed by atoms with Crippen molar-refractivity contribution < 1.29 is 9.53 Å². The fourth-order valence-corrected chi connectivity index (χ4v) is 2.54. The van der Waals surface area contributed by atoms with Crippen LogP contribution in [-0.2, 0) is 4.79 Å². The van der Waals surface area contributed by atoms with Crippen molar-refractivity contribution in [2.24, 2.45) is 0 Å². The lowest BCUT2D eigenvalue weighted by molar-refractivity contribution is -0.122. The molecule has 0 bridgehead atoms. The highest BCUT2D eigenvalue weighted by Gasteiger charge is 2.17. The Balaban J connectivity index is 1.77. The Kier molecular flexibility index (Phi) is 4.47. The number of carbonyl (C=O) groups is 1. The molecular weight excluding hydrogens is 300 g/mol. The van der Waals surface area contributed by atoms with Crippen molar-refractivity contribution >= 4 is 22.5 Å². The van der Waals surface area contributed by atoms with E-state index in [-0.39, 0.29) is 5.91 Å². The predicted molar refractivity (Wildman–Crippen MR) is 96.4 cm³/mol. The molecule has 1 heterocycles. The third kappa shape index (κ3) is 3.23. The first-order chi connectivity index (χ1) is 11.6. The van der Waals surface area contributed by atoms with Crippen molar-refractivity contribution in [2.45, 2.75) is 26.9 Å². The Morgan fingerprint density at radius 1 is 1.08 bits per heavy atom. The molecule has 2 aromatic carbocycles. The number of ether oxygens (including phenoxy) is 1. The van der Waals surface area contributed by atoms with Gasteiger partial charge in [-0.25, -0.2) is 0 Å². The molecular formula is C20H20N2O2. The van der Waals surface area contributed by atoms with Crippen LogP contribution in [0.1, 0.15) is 18.1 Å². The van der Waals surface area contributed by atoms with Crippen molar-refractivity contribution in [1.82, 2.24) is 4.98 Å². The largest absolute Gasteiger partial charge is 0.481 e. The van der Waals surface area contributed by atoms with Crippen LogP contribution in [-0.4, -0.2) is 17.0 Å². The molecule has 1 N–H and O–H groups in total. The number of nitrogens with one attached hydrogen (secondary N) is 1. The van der Waals surface area contributed by atoms with Crippen molar-refractivity contribution in [3.8, 4) is 5.75 Å². The normalized spacial score (nSPS) is 12.0. The number of fused-ring (bicyclic) bond motifs is 1. The average molecular weight is 320 g/mol. The first-order valence-electron chi connectivity index (χ1n) is 7.94. The molecule has 0 aliphatic carbocycles. The number of aromatic nitrogens is 1. The van der Waals surface area contributed by atoms with E-state index < -0.39 is 6.10 Å². The first kappa shape index (κ1) is 16.0. The summed E-state index contributed by atoms with van der Waals surface area (Å²) in [7, 11) is 0. The fourth-order valence-electron chi connectivity index (χ4n) is 2.54. The average Bonchev–Trinajstić information content (AvgIpc) is 2.59. The number of aryl methyl sites for hydroxylation is 1. The second kappa shape index (κ2) is 6.71. The van der Waals surface area contributed by atoms with Crippen LogP contribution in [0.4, 0.5) is 5.69 Å². The predicted octanol–water partition coefficient (Wildman–Crippen LogP) is 4.26. The number of nitrogens with zero attached hydrogens (tertiary/aromatic N) is 1. The maximum Gasteiger partial charge on any atom is 0.265 e. The molecule has 3 rings (SSSR count). The van der Waals surface area contributed by atoms with Gasteiger partial charge in [0, 0.05) is 11.6 Å². The molecule has 122 valence electrons. The number of pyridine rings is 1. The number of anilines is 1. The summed E-state index contributed by atoms with van der Waals surface area (Å²) >= 11 is 0. The SMILES string of the molecule is Cc1cccc(O[C@@H](C)C(=O)Nc2cccc3ncccc23)c1C. The highest BCUT2D eigenvalue weighted by molar-refractivity contribution is 6.02. The minimum Gasteiger partial charge on any atom is -0.481 e. The second-order valence-electron chi connectivity index (χ2n) is 5.82. The summed E-state index contributed by atoms with van der Waals surface area (Å²) in [5, 5.41) is 3.84. The topological polar surface area (TPSA) is 51.2 Å². The molecule has 1 amide bonds. The van der Waals surface area contributed by atoms with E-state index in [2.05, 4.69) is 10.3 Å². The molecule has 0 radical (unpaired) electrons. The van der Waals surface area contributed by atoms with Crippen molar-refractivity contribution in [3.05, 3.63) is 65.9 Å². The lowest BCUT2D eigenvalue weighted by Crippen LogP contribution is -2.30. The van der Waals surface area contributed by atoms with Gasteiger partial charge in [-0.2, -0.15) is 0 Å². The summed E-state index contributed by atoms with van der Waals surface area (Å²) in [6.07, 6.45) is 1.14. The standard InChI is InChI=1S/C20H20N2O2/c1-13-7-4-11-19(14(13)2)24-15(3)20(23)22-18-10-5-9-17-16(18)8-6-12-21-17/h4-12,15H,1-3H3,(H,22,23)/t15-/m0/s1. The monoisotopic (exact) mass is 320 g/mol. The van der Waals surface area contributed by atoms with E-state index in [9.17, 15) is 4.79 Å².